The quantitative estimate of drug-likeness (QED) is 0.434. The maximum absolute atomic E-state index is 12.7. The zero-order chi connectivity index (χ0) is 24.4. The van der Waals surface area contributed by atoms with Gasteiger partial charge in [-0.15, -0.1) is 0 Å². The van der Waals surface area contributed by atoms with Gasteiger partial charge in [-0.05, 0) is 36.1 Å². The van der Waals surface area contributed by atoms with E-state index in [0.717, 1.165) is 18.1 Å². The lowest BCUT2D eigenvalue weighted by Crippen LogP contribution is -2.42. The molecule has 3 N–H and O–H groups in total. The minimum Gasteiger partial charge on any atom is -0.452 e. The van der Waals surface area contributed by atoms with E-state index in [2.05, 4.69) is 10.0 Å². The molecule has 0 aromatic heterocycles. The molecule has 0 spiro atoms. The van der Waals surface area contributed by atoms with Crippen LogP contribution in [0.3, 0.4) is 0 Å². The highest BCUT2D eigenvalue weighted by Crippen LogP contribution is 2.23. The van der Waals surface area contributed by atoms with Crippen LogP contribution < -0.4 is 15.4 Å². The number of rotatable bonds is 10. The standard InChI is InChI=1S/C22H26ClN3O6S/c1-15(2)10-11-24-22(29)26-20(27)14-32-21(28)17-8-9-18(23)19(12-17)33(30,31)25-13-16-6-4-3-5-7-16/h3-9,12,15,25H,10-11,13-14H2,1-2H3,(H2,24,26,27,29). The van der Waals surface area contributed by atoms with Gasteiger partial charge in [-0.1, -0.05) is 55.8 Å². The molecule has 2 aromatic rings. The number of hydrogen-bond donors (Lipinski definition) is 3. The van der Waals surface area contributed by atoms with Crippen molar-refractivity contribution < 1.29 is 27.5 Å². The van der Waals surface area contributed by atoms with Crippen molar-refractivity contribution in [3.63, 3.8) is 0 Å². The van der Waals surface area contributed by atoms with Crippen LogP contribution in [-0.2, 0) is 26.1 Å². The van der Waals surface area contributed by atoms with Gasteiger partial charge in [-0.25, -0.2) is 22.7 Å². The van der Waals surface area contributed by atoms with E-state index in [-0.39, 0.29) is 22.0 Å². The van der Waals surface area contributed by atoms with Crippen molar-refractivity contribution in [1.29, 1.82) is 0 Å². The van der Waals surface area contributed by atoms with Gasteiger partial charge in [0.1, 0.15) is 4.90 Å². The predicted molar refractivity (Wildman–Crippen MR) is 123 cm³/mol. The van der Waals surface area contributed by atoms with E-state index in [1.54, 1.807) is 24.3 Å². The van der Waals surface area contributed by atoms with Crippen molar-refractivity contribution in [2.75, 3.05) is 13.2 Å². The molecular formula is C22H26ClN3O6S. The van der Waals surface area contributed by atoms with Crippen LogP contribution in [0.25, 0.3) is 0 Å². The Morgan fingerprint density at radius 1 is 1.06 bits per heavy atom. The van der Waals surface area contributed by atoms with Gasteiger partial charge in [0.25, 0.3) is 5.91 Å². The molecule has 2 rings (SSSR count). The molecule has 0 unspecified atom stereocenters. The Morgan fingerprint density at radius 3 is 2.42 bits per heavy atom. The van der Waals surface area contributed by atoms with E-state index in [1.165, 1.54) is 12.1 Å². The number of imide groups is 1. The summed E-state index contributed by atoms with van der Waals surface area (Å²) in [7, 11) is -4.03. The lowest BCUT2D eigenvalue weighted by Gasteiger charge is -2.11. The van der Waals surface area contributed by atoms with Crippen LogP contribution in [0, 0.1) is 5.92 Å². The second kappa shape index (κ2) is 12.3. The summed E-state index contributed by atoms with van der Waals surface area (Å²) in [5.41, 5.74) is 0.626. The molecule has 0 radical (unpaired) electrons. The molecule has 0 atom stereocenters. The first-order valence-electron chi connectivity index (χ1n) is 10.2. The van der Waals surface area contributed by atoms with Crippen molar-refractivity contribution in [3.8, 4) is 0 Å². The number of urea groups is 1. The third kappa shape index (κ3) is 8.83. The zero-order valence-electron chi connectivity index (χ0n) is 18.3. The molecule has 0 aliphatic carbocycles. The molecule has 0 fully saturated rings. The summed E-state index contributed by atoms with van der Waals surface area (Å²) in [6, 6.07) is 11.8. The summed E-state index contributed by atoms with van der Waals surface area (Å²) in [6.07, 6.45) is 0.749. The van der Waals surface area contributed by atoms with Gasteiger partial charge in [0.15, 0.2) is 6.61 Å². The normalized spacial score (nSPS) is 11.2. The minimum absolute atomic E-state index is 0.0353. The van der Waals surface area contributed by atoms with Crippen molar-refractivity contribution in [2.24, 2.45) is 5.92 Å². The van der Waals surface area contributed by atoms with Crippen LogP contribution in [0.15, 0.2) is 53.4 Å². The third-order valence-corrected chi connectivity index (χ3v) is 6.24. The van der Waals surface area contributed by atoms with Gasteiger partial charge in [0, 0.05) is 13.1 Å². The van der Waals surface area contributed by atoms with Crippen LogP contribution in [0.1, 0.15) is 36.2 Å². The van der Waals surface area contributed by atoms with Crippen molar-refractivity contribution in [2.45, 2.75) is 31.7 Å². The largest absolute Gasteiger partial charge is 0.452 e. The van der Waals surface area contributed by atoms with E-state index in [4.69, 9.17) is 16.3 Å². The number of hydrogen-bond acceptors (Lipinski definition) is 6. The highest BCUT2D eigenvalue weighted by Gasteiger charge is 2.21. The number of sulfonamides is 1. The number of benzene rings is 2. The van der Waals surface area contributed by atoms with Crippen molar-refractivity contribution in [3.05, 3.63) is 64.7 Å². The smallest absolute Gasteiger partial charge is 0.338 e. The molecule has 0 aliphatic heterocycles. The fraction of sp³-hybridized carbons (Fsp3) is 0.318. The monoisotopic (exact) mass is 495 g/mol. The van der Waals surface area contributed by atoms with E-state index < -0.39 is 34.5 Å². The number of carbonyl (C=O) groups excluding carboxylic acids is 3. The van der Waals surface area contributed by atoms with E-state index in [0.29, 0.717) is 12.5 Å². The predicted octanol–water partition coefficient (Wildman–Crippen LogP) is 2.85. The molecule has 0 aliphatic rings. The number of ether oxygens (including phenoxy) is 1. The van der Waals surface area contributed by atoms with Crippen molar-refractivity contribution in [1.82, 2.24) is 15.4 Å². The van der Waals surface area contributed by atoms with Crippen LogP contribution in [-0.4, -0.2) is 39.5 Å². The number of nitrogens with one attached hydrogen (secondary N) is 3. The minimum atomic E-state index is -4.03. The number of carbonyl (C=O) groups is 3. The zero-order valence-corrected chi connectivity index (χ0v) is 19.8. The lowest BCUT2D eigenvalue weighted by molar-refractivity contribution is -0.123. The average molecular weight is 496 g/mol. The fourth-order valence-electron chi connectivity index (χ4n) is 2.58. The van der Waals surface area contributed by atoms with E-state index in [9.17, 15) is 22.8 Å². The SMILES string of the molecule is CC(C)CCNC(=O)NC(=O)COC(=O)c1ccc(Cl)c(S(=O)(=O)NCc2ccccc2)c1. The first kappa shape index (κ1) is 26.3. The molecule has 3 amide bonds. The summed E-state index contributed by atoms with van der Waals surface area (Å²) < 4.78 is 32.6. The molecule has 9 nitrogen and oxygen atoms in total. The van der Waals surface area contributed by atoms with Crippen LogP contribution in [0.5, 0.6) is 0 Å². The Kier molecular flexibility index (Phi) is 9.83. The molecule has 0 heterocycles. The van der Waals surface area contributed by atoms with Gasteiger partial charge in [0.2, 0.25) is 10.0 Å². The van der Waals surface area contributed by atoms with Crippen LogP contribution in [0.2, 0.25) is 5.02 Å². The topological polar surface area (TPSA) is 131 Å². The average Bonchev–Trinajstić information content (AvgIpc) is 2.76. The summed E-state index contributed by atoms with van der Waals surface area (Å²) >= 11 is 6.03. The molecule has 178 valence electrons. The highest BCUT2D eigenvalue weighted by atomic mass is 35.5. The maximum Gasteiger partial charge on any atom is 0.338 e. The van der Waals surface area contributed by atoms with Gasteiger partial charge in [0.05, 0.1) is 10.6 Å². The first-order valence-corrected chi connectivity index (χ1v) is 12.0. The summed E-state index contributed by atoms with van der Waals surface area (Å²) in [5, 5.41) is 4.48. The highest BCUT2D eigenvalue weighted by molar-refractivity contribution is 7.89. The maximum atomic E-state index is 12.7. The Morgan fingerprint density at radius 2 is 1.76 bits per heavy atom. The summed E-state index contributed by atoms with van der Waals surface area (Å²) in [6.45, 7) is 3.71. The lowest BCUT2D eigenvalue weighted by atomic mass is 10.1. The fourth-order valence-corrected chi connectivity index (χ4v) is 4.13. The summed E-state index contributed by atoms with van der Waals surface area (Å²) in [5.74, 6) is -1.37. The van der Waals surface area contributed by atoms with Gasteiger partial charge < -0.3 is 10.1 Å². The Labute approximate surface area is 197 Å². The van der Waals surface area contributed by atoms with Crippen LogP contribution >= 0.6 is 11.6 Å². The number of amides is 3. The molecular weight excluding hydrogens is 470 g/mol. The third-order valence-electron chi connectivity index (χ3n) is 4.36. The molecule has 11 heteroatoms. The second-order valence-electron chi connectivity index (χ2n) is 7.52. The van der Waals surface area contributed by atoms with E-state index in [1.807, 2.05) is 25.2 Å². The molecule has 0 saturated heterocycles. The first-order chi connectivity index (χ1) is 15.6. The van der Waals surface area contributed by atoms with Gasteiger partial charge >= 0.3 is 12.0 Å². The molecule has 2 aromatic carbocycles. The van der Waals surface area contributed by atoms with Gasteiger partial charge in [-0.3, -0.25) is 10.1 Å². The Bertz CT molecular complexity index is 1090. The Hall–Kier alpha value is -2.95. The summed E-state index contributed by atoms with van der Waals surface area (Å²) in [4.78, 5) is 35.4. The van der Waals surface area contributed by atoms with Gasteiger partial charge in [-0.2, -0.15) is 0 Å². The molecule has 0 saturated carbocycles. The van der Waals surface area contributed by atoms with Crippen molar-refractivity contribution >= 4 is 39.5 Å². The molecule has 0 bridgehead atoms. The Balaban J connectivity index is 1.95. The second-order valence-corrected chi connectivity index (χ2v) is 9.66. The molecule has 33 heavy (non-hydrogen) atoms. The number of halogens is 1. The van der Waals surface area contributed by atoms with E-state index >= 15 is 0 Å². The van der Waals surface area contributed by atoms with Crippen LogP contribution in [0.4, 0.5) is 4.79 Å². The number of esters is 1.